The van der Waals surface area contributed by atoms with Gasteiger partial charge < -0.3 is 10.4 Å². The Kier molecular flexibility index (Phi) is 5.55. The summed E-state index contributed by atoms with van der Waals surface area (Å²) in [4.78, 5) is 20.5. The zero-order valence-corrected chi connectivity index (χ0v) is 14.3. The van der Waals surface area contributed by atoms with Crippen molar-refractivity contribution in [3.63, 3.8) is 0 Å². The number of nitrogens with zero attached hydrogens (tertiary/aromatic N) is 2. The van der Waals surface area contributed by atoms with Crippen molar-refractivity contribution >= 4 is 17.5 Å². The number of benzene rings is 2. The summed E-state index contributed by atoms with van der Waals surface area (Å²) in [7, 11) is 0. The normalized spacial score (nSPS) is 11.8. The average Bonchev–Trinajstić information content (AvgIpc) is 2.66. The van der Waals surface area contributed by atoms with Gasteiger partial charge in [-0.05, 0) is 23.8 Å². The van der Waals surface area contributed by atoms with E-state index in [0.717, 1.165) is 11.6 Å². The molecular weight excluding hydrogens is 357 g/mol. The molecule has 1 heterocycles. The van der Waals surface area contributed by atoms with Gasteiger partial charge >= 0.3 is 0 Å². The van der Waals surface area contributed by atoms with E-state index >= 15 is 0 Å². The van der Waals surface area contributed by atoms with Gasteiger partial charge in [-0.15, -0.1) is 0 Å². The van der Waals surface area contributed by atoms with Crippen LogP contribution in [0.4, 0.5) is 4.39 Å². The molecule has 3 rings (SSSR count). The van der Waals surface area contributed by atoms with Gasteiger partial charge in [0.25, 0.3) is 5.91 Å². The van der Waals surface area contributed by atoms with Crippen molar-refractivity contribution in [1.82, 2.24) is 15.3 Å². The molecule has 0 fully saturated rings. The van der Waals surface area contributed by atoms with Crippen molar-refractivity contribution in [3.8, 4) is 11.4 Å². The van der Waals surface area contributed by atoms with Crippen LogP contribution in [0.5, 0.6) is 0 Å². The van der Waals surface area contributed by atoms with Crippen LogP contribution in [0.25, 0.3) is 11.4 Å². The molecule has 0 radical (unpaired) electrons. The molecule has 1 unspecified atom stereocenters. The second kappa shape index (κ2) is 8.03. The van der Waals surface area contributed by atoms with Crippen LogP contribution in [0, 0.1) is 5.82 Å². The summed E-state index contributed by atoms with van der Waals surface area (Å²) >= 11 is 5.76. The highest BCUT2D eigenvalue weighted by Gasteiger charge is 2.13. The molecule has 0 aliphatic carbocycles. The lowest BCUT2D eigenvalue weighted by Gasteiger charge is -2.13. The van der Waals surface area contributed by atoms with E-state index in [2.05, 4.69) is 15.3 Å². The zero-order valence-electron chi connectivity index (χ0n) is 13.6. The lowest BCUT2D eigenvalue weighted by Crippen LogP contribution is -2.28. The van der Waals surface area contributed by atoms with Gasteiger partial charge in [-0.3, -0.25) is 4.79 Å². The molecule has 1 atom stereocenters. The summed E-state index contributed by atoms with van der Waals surface area (Å²) in [6.07, 6.45) is 1.74. The Bertz CT molecular complexity index is 884. The average molecular weight is 372 g/mol. The van der Waals surface area contributed by atoms with E-state index in [1.54, 1.807) is 0 Å². The molecule has 2 N–H and O–H groups in total. The molecule has 7 heteroatoms. The smallest absolute Gasteiger partial charge is 0.254 e. The topological polar surface area (TPSA) is 75.1 Å². The lowest BCUT2D eigenvalue weighted by atomic mass is 10.1. The van der Waals surface area contributed by atoms with Crippen LogP contribution < -0.4 is 5.32 Å². The predicted octanol–water partition coefficient (Wildman–Crippen LogP) is 3.40. The van der Waals surface area contributed by atoms with Crippen LogP contribution >= 0.6 is 11.6 Å². The molecule has 0 aliphatic rings. The predicted molar refractivity (Wildman–Crippen MR) is 96.2 cm³/mol. The van der Waals surface area contributed by atoms with Crippen LogP contribution in [0.1, 0.15) is 22.0 Å². The second-order valence-electron chi connectivity index (χ2n) is 5.59. The van der Waals surface area contributed by atoms with E-state index in [9.17, 15) is 14.3 Å². The van der Waals surface area contributed by atoms with Crippen LogP contribution in [-0.2, 0) is 0 Å². The Morgan fingerprint density at radius 3 is 2.50 bits per heavy atom. The quantitative estimate of drug-likeness (QED) is 0.720. The van der Waals surface area contributed by atoms with Crippen molar-refractivity contribution in [2.45, 2.75) is 6.10 Å². The molecule has 2 aromatic carbocycles. The number of nitrogens with one attached hydrogen (secondary N) is 1. The van der Waals surface area contributed by atoms with E-state index < -0.39 is 17.8 Å². The molecule has 0 saturated heterocycles. The molecule has 1 amide bonds. The third kappa shape index (κ3) is 4.41. The Morgan fingerprint density at radius 1 is 1.15 bits per heavy atom. The fourth-order valence-corrected chi connectivity index (χ4v) is 2.59. The van der Waals surface area contributed by atoms with Crippen molar-refractivity contribution < 1.29 is 14.3 Å². The van der Waals surface area contributed by atoms with Gasteiger partial charge in [0.2, 0.25) is 0 Å². The molecule has 0 spiro atoms. The third-order valence-corrected chi connectivity index (χ3v) is 3.89. The monoisotopic (exact) mass is 371 g/mol. The minimum absolute atomic E-state index is 0.0982. The minimum Gasteiger partial charge on any atom is -0.387 e. The number of amides is 1. The van der Waals surface area contributed by atoms with Gasteiger partial charge in [-0.2, -0.15) is 0 Å². The van der Waals surface area contributed by atoms with Gasteiger partial charge in [0.05, 0.1) is 11.7 Å². The van der Waals surface area contributed by atoms with E-state index in [0.29, 0.717) is 5.82 Å². The summed E-state index contributed by atoms with van der Waals surface area (Å²) in [6.45, 7) is -0.0982. The van der Waals surface area contributed by atoms with Crippen LogP contribution in [0.2, 0.25) is 5.02 Å². The lowest BCUT2D eigenvalue weighted by molar-refractivity contribution is 0.0915. The van der Waals surface area contributed by atoms with E-state index in [4.69, 9.17) is 11.6 Å². The fourth-order valence-electron chi connectivity index (χ4n) is 2.36. The first kappa shape index (κ1) is 18.0. The Morgan fingerprint density at radius 2 is 1.85 bits per heavy atom. The maximum atomic E-state index is 13.3. The van der Waals surface area contributed by atoms with Crippen molar-refractivity contribution in [1.29, 1.82) is 0 Å². The van der Waals surface area contributed by atoms with Crippen LogP contribution in [-0.4, -0.2) is 27.5 Å². The Labute approximate surface area is 154 Å². The molecular formula is C19H15ClFN3O2. The number of halogens is 2. The number of carbonyl (C=O) groups excluding carboxylic acids is 1. The van der Waals surface area contributed by atoms with Crippen molar-refractivity contribution in [2.24, 2.45) is 0 Å². The highest BCUT2D eigenvalue weighted by atomic mass is 35.5. The Balaban J connectivity index is 1.63. The van der Waals surface area contributed by atoms with Crippen LogP contribution in [0.15, 0.2) is 60.9 Å². The molecule has 0 aliphatic heterocycles. The number of hydrogen-bond donors (Lipinski definition) is 2. The SMILES string of the molecule is O=C(NCC(O)c1cc(F)cc(Cl)c1)c1cnc(-c2ccccc2)nc1. The van der Waals surface area contributed by atoms with E-state index in [-0.39, 0.29) is 22.7 Å². The van der Waals surface area contributed by atoms with Gasteiger partial charge in [0.1, 0.15) is 5.82 Å². The molecule has 26 heavy (non-hydrogen) atoms. The molecule has 0 bridgehead atoms. The molecule has 0 saturated carbocycles. The van der Waals surface area contributed by atoms with Gasteiger partial charge in [-0.25, -0.2) is 14.4 Å². The molecule has 3 aromatic rings. The standard InChI is InChI=1S/C19H15ClFN3O2/c20-15-6-13(7-16(21)8-15)17(25)11-24-19(26)14-9-22-18(23-10-14)12-4-2-1-3-5-12/h1-10,17,25H,11H2,(H,24,26). The van der Waals surface area contributed by atoms with E-state index in [1.807, 2.05) is 30.3 Å². The maximum Gasteiger partial charge on any atom is 0.254 e. The number of hydrogen-bond acceptors (Lipinski definition) is 4. The molecule has 132 valence electrons. The number of carbonyl (C=O) groups is 1. The number of rotatable bonds is 5. The van der Waals surface area contributed by atoms with Gasteiger partial charge in [-0.1, -0.05) is 41.9 Å². The summed E-state index contributed by atoms with van der Waals surface area (Å²) in [5.74, 6) is -0.481. The largest absolute Gasteiger partial charge is 0.387 e. The fraction of sp³-hybridized carbons (Fsp3) is 0.105. The maximum absolute atomic E-state index is 13.3. The first-order valence-electron chi connectivity index (χ1n) is 7.82. The Hall–Kier alpha value is -2.83. The molecule has 1 aromatic heterocycles. The van der Waals surface area contributed by atoms with Gasteiger partial charge in [0.15, 0.2) is 5.82 Å². The number of aliphatic hydroxyl groups excluding tert-OH is 1. The van der Waals surface area contributed by atoms with Gasteiger partial charge in [0, 0.05) is 29.5 Å². The third-order valence-electron chi connectivity index (χ3n) is 3.67. The highest BCUT2D eigenvalue weighted by molar-refractivity contribution is 6.30. The van der Waals surface area contributed by atoms with Crippen molar-refractivity contribution in [3.05, 3.63) is 82.9 Å². The summed E-state index contributed by atoms with van der Waals surface area (Å²) in [6, 6.07) is 13.1. The first-order valence-corrected chi connectivity index (χ1v) is 8.20. The van der Waals surface area contributed by atoms with Crippen molar-refractivity contribution in [2.75, 3.05) is 6.54 Å². The summed E-state index contributed by atoms with van der Waals surface area (Å²) < 4.78 is 13.3. The van der Waals surface area contributed by atoms with E-state index in [1.165, 1.54) is 24.5 Å². The zero-order chi connectivity index (χ0) is 18.5. The first-order chi connectivity index (χ1) is 12.5. The minimum atomic E-state index is -1.09. The second-order valence-corrected chi connectivity index (χ2v) is 6.03. The summed E-state index contributed by atoms with van der Waals surface area (Å²) in [5, 5.41) is 12.8. The van der Waals surface area contributed by atoms with Crippen LogP contribution in [0.3, 0.4) is 0 Å². The highest BCUT2D eigenvalue weighted by Crippen LogP contribution is 2.19. The summed E-state index contributed by atoms with van der Waals surface area (Å²) in [5.41, 5.74) is 1.39. The number of aliphatic hydroxyl groups is 1. The number of aromatic nitrogens is 2. The molecule has 5 nitrogen and oxygen atoms in total.